The molecule has 0 unspecified atom stereocenters. The Morgan fingerprint density at radius 3 is 2.12 bits per heavy atom. The zero-order chi connectivity index (χ0) is 27.8. The molecule has 11 rings (SSSR count). The molecular formula is C38H20N4S. The number of fused-ring (bicyclic) bond motifs is 13. The summed E-state index contributed by atoms with van der Waals surface area (Å²) in [7, 11) is 0. The van der Waals surface area contributed by atoms with Crippen LogP contribution in [0.1, 0.15) is 0 Å². The van der Waals surface area contributed by atoms with Gasteiger partial charge in [-0.15, -0.1) is 11.3 Å². The topological polar surface area (TPSA) is 35.1 Å². The van der Waals surface area contributed by atoms with Gasteiger partial charge in [0.05, 0.1) is 33.1 Å². The van der Waals surface area contributed by atoms with E-state index in [-0.39, 0.29) is 0 Å². The highest BCUT2D eigenvalue weighted by Gasteiger charge is 2.22. The van der Waals surface area contributed by atoms with E-state index in [2.05, 4.69) is 112 Å². The monoisotopic (exact) mass is 564 g/mol. The smallest absolute Gasteiger partial charge is 0.165 e. The number of para-hydroxylation sites is 4. The molecule has 6 aromatic carbocycles. The number of hydrogen-bond donors (Lipinski definition) is 0. The lowest BCUT2D eigenvalue weighted by Gasteiger charge is -2.08. The van der Waals surface area contributed by atoms with Gasteiger partial charge in [-0.25, -0.2) is 9.97 Å². The van der Waals surface area contributed by atoms with Gasteiger partial charge in [0.1, 0.15) is 5.52 Å². The summed E-state index contributed by atoms with van der Waals surface area (Å²) >= 11 is 1.86. The molecule has 5 heterocycles. The Bertz CT molecular complexity index is 2960. The lowest BCUT2D eigenvalue weighted by molar-refractivity contribution is 1.19. The summed E-state index contributed by atoms with van der Waals surface area (Å²) in [6.45, 7) is 0. The van der Waals surface area contributed by atoms with Crippen molar-refractivity contribution in [1.29, 1.82) is 0 Å². The quantitative estimate of drug-likeness (QED) is 0.199. The van der Waals surface area contributed by atoms with Gasteiger partial charge in [-0.2, -0.15) is 0 Å². The molecular weight excluding hydrogens is 545 g/mol. The summed E-state index contributed by atoms with van der Waals surface area (Å²) < 4.78 is 7.40. The van der Waals surface area contributed by atoms with Crippen LogP contribution in [0.4, 0.5) is 0 Å². The summed E-state index contributed by atoms with van der Waals surface area (Å²) in [5.41, 5.74) is 9.63. The lowest BCUT2D eigenvalue weighted by atomic mass is 10.1. The van der Waals surface area contributed by atoms with Crippen molar-refractivity contribution in [2.45, 2.75) is 0 Å². The van der Waals surface area contributed by atoms with Crippen LogP contribution in [0.5, 0.6) is 0 Å². The minimum Gasteiger partial charge on any atom is -0.309 e. The van der Waals surface area contributed by atoms with Crippen LogP contribution in [0.15, 0.2) is 121 Å². The van der Waals surface area contributed by atoms with Crippen molar-refractivity contribution in [2.75, 3.05) is 0 Å². The van der Waals surface area contributed by atoms with Gasteiger partial charge in [0.2, 0.25) is 0 Å². The molecule has 0 radical (unpaired) electrons. The molecule has 5 aromatic heterocycles. The largest absolute Gasteiger partial charge is 0.309 e. The maximum atomic E-state index is 5.17. The summed E-state index contributed by atoms with van der Waals surface area (Å²) in [6.07, 6.45) is 0. The molecule has 11 aromatic rings. The van der Waals surface area contributed by atoms with Crippen molar-refractivity contribution < 1.29 is 0 Å². The molecule has 198 valence electrons. The third-order valence-corrected chi connectivity index (χ3v) is 10.4. The zero-order valence-corrected chi connectivity index (χ0v) is 23.6. The van der Waals surface area contributed by atoms with Crippen LogP contribution in [0.25, 0.3) is 97.1 Å². The van der Waals surface area contributed by atoms with E-state index in [9.17, 15) is 0 Å². The predicted molar refractivity (Wildman–Crippen MR) is 181 cm³/mol. The van der Waals surface area contributed by atoms with E-state index in [0.717, 1.165) is 33.1 Å². The molecule has 43 heavy (non-hydrogen) atoms. The number of thiophene rings is 1. The Hall–Kier alpha value is -5.52. The van der Waals surface area contributed by atoms with Gasteiger partial charge in [0.15, 0.2) is 5.65 Å². The van der Waals surface area contributed by atoms with Crippen molar-refractivity contribution in [3.8, 4) is 5.69 Å². The summed E-state index contributed by atoms with van der Waals surface area (Å²) in [6, 6.07) is 43.9. The molecule has 0 saturated heterocycles. The predicted octanol–water partition coefficient (Wildman–Crippen LogP) is 10.2. The number of rotatable bonds is 1. The summed E-state index contributed by atoms with van der Waals surface area (Å²) in [4.78, 5) is 10.3. The normalized spacial score (nSPS) is 12.7. The SMILES string of the molecule is c1ccc2nc3c(nc2c1)c1cccc2c4cc5c6ccccc6n(-c6ccc7c(c6)sc6ccccc67)c5cc4n3c21. The van der Waals surface area contributed by atoms with E-state index in [4.69, 9.17) is 9.97 Å². The molecule has 4 nitrogen and oxygen atoms in total. The molecule has 0 fully saturated rings. The van der Waals surface area contributed by atoms with Crippen molar-refractivity contribution in [3.63, 3.8) is 0 Å². The molecule has 0 spiro atoms. The molecule has 0 N–H and O–H groups in total. The molecule has 0 atom stereocenters. The number of hydrogen-bond acceptors (Lipinski definition) is 3. The van der Waals surface area contributed by atoms with Crippen LogP contribution in [0.3, 0.4) is 0 Å². The molecule has 0 aliphatic carbocycles. The van der Waals surface area contributed by atoms with Crippen molar-refractivity contribution >= 4 is 103 Å². The first-order valence-corrected chi connectivity index (χ1v) is 15.3. The zero-order valence-electron chi connectivity index (χ0n) is 22.7. The van der Waals surface area contributed by atoms with E-state index in [1.54, 1.807) is 0 Å². The van der Waals surface area contributed by atoms with Gasteiger partial charge in [0, 0.05) is 52.8 Å². The second-order valence-corrected chi connectivity index (χ2v) is 12.5. The maximum absolute atomic E-state index is 5.17. The van der Waals surface area contributed by atoms with Crippen LogP contribution in [0.2, 0.25) is 0 Å². The molecule has 0 amide bonds. The van der Waals surface area contributed by atoms with E-state index < -0.39 is 0 Å². The van der Waals surface area contributed by atoms with Crippen LogP contribution in [-0.4, -0.2) is 18.9 Å². The van der Waals surface area contributed by atoms with Gasteiger partial charge in [0.25, 0.3) is 0 Å². The summed E-state index contributed by atoms with van der Waals surface area (Å²) in [5, 5.41) is 8.78. The number of aromatic nitrogens is 4. The van der Waals surface area contributed by atoms with Crippen molar-refractivity contribution in [2.24, 2.45) is 0 Å². The molecule has 5 heteroatoms. The molecule has 0 saturated carbocycles. The van der Waals surface area contributed by atoms with Crippen molar-refractivity contribution in [1.82, 2.24) is 18.9 Å². The molecule has 0 aliphatic rings. The Morgan fingerprint density at radius 2 is 1.19 bits per heavy atom. The van der Waals surface area contributed by atoms with Gasteiger partial charge in [-0.05, 0) is 48.5 Å². The average Bonchev–Trinajstić information content (AvgIpc) is 3.77. The van der Waals surface area contributed by atoms with Gasteiger partial charge in [-0.1, -0.05) is 72.8 Å². The second-order valence-electron chi connectivity index (χ2n) is 11.4. The second kappa shape index (κ2) is 7.65. The molecule has 0 aliphatic heterocycles. The number of nitrogens with zero attached hydrogens (tertiary/aromatic N) is 4. The fourth-order valence-electron chi connectivity index (χ4n) is 7.40. The van der Waals surface area contributed by atoms with Gasteiger partial charge in [-0.3, -0.25) is 4.40 Å². The van der Waals surface area contributed by atoms with Crippen LogP contribution in [0, 0.1) is 0 Å². The fraction of sp³-hybridized carbons (Fsp3) is 0. The Morgan fingerprint density at radius 1 is 0.465 bits per heavy atom. The van der Waals surface area contributed by atoms with Crippen LogP contribution < -0.4 is 0 Å². The standard InChI is InChI=1S/C38H20N4S/c1-5-14-31-22(8-1)27-19-28-25-10-7-11-26-36-38(40-30-13-4-3-12-29(30)39-36)42(37(25)26)33(28)20-32(27)41(31)21-16-17-24-23-9-2-6-15-34(23)43-35(24)18-21/h1-20H. The van der Waals surface area contributed by atoms with E-state index in [1.165, 1.54) is 64.0 Å². The fourth-order valence-corrected chi connectivity index (χ4v) is 8.54. The average molecular weight is 565 g/mol. The highest BCUT2D eigenvalue weighted by atomic mass is 32.1. The lowest BCUT2D eigenvalue weighted by Crippen LogP contribution is -1.94. The third kappa shape index (κ3) is 2.71. The third-order valence-electron chi connectivity index (χ3n) is 9.22. The van der Waals surface area contributed by atoms with Crippen molar-refractivity contribution in [3.05, 3.63) is 121 Å². The van der Waals surface area contributed by atoms with E-state index in [0.29, 0.717) is 0 Å². The van der Waals surface area contributed by atoms with Crippen LogP contribution in [-0.2, 0) is 0 Å². The first-order valence-electron chi connectivity index (χ1n) is 14.5. The van der Waals surface area contributed by atoms with Crippen LogP contribution >= 0.6 is 11.3 Å². The Kier molecular flexibility index (Phi) is 3.94. The first kappa shape index (κ1) is 22.1. The maximum Gasteiger partial charge on any atom is 0.165 e. The van der Waals surface area contributed by atoms with E-state index >= 15 is 0 Å². The van der Waals surface area contributed by atoms with E-state index in [1.807, 2.05) is 29.5 Å². The van der Waals surface area contributed by atoms with Gasteiger partial charge < -0.3 is 4.57 Å². The minimum absolute atomic E-state index is 0.911. The first-order chi connectivity index (χ1) is 21.3. The molecule has 0 bridgehead atoms. The minimum atomic E-state index is 0.911. The Balaban J connectivity index is 1.31. The Labute approximate surface area is 248 Å². The highest BCUT2D eigenvalue weighted by Crippen LogP contribution is 2.43. The summed E-state index contributed by atoms with van der Waals surface area (Å²) in [5.74, 6) is 0. The number of benzene rings is 6. The highest BCUT2D eigenvalue weighted by molar-refractivity contribution is 7.25. The van der Waals surface area contributed by atoms with Gasteiger partial charge >= 0.3 is 0 Å².